The van der Waals surface area contributed by atoms with Crippen LogP contribution in [0.1, 0.15) is 42.7 Å². The van der Waals surface area contributed by atoms with Gasteiger partial charge < -0.3 is 4.90 Å². The summed E-state index contributed by atoms with van der Waals surface area (Å²) in [6, 6.07) is 16.6. The Bertz CT molecular complexity index is 1610. The van der Waals surface area contributed by atoms with E-state index in [4.69, 9.17) is 5.14 Å². The van der Waals surface area contributed by atoms with Gasteiger partial charge in [-0.05, 0) is 78.6 Å². The smallest absolute Gasteiger partial charge is 0.242 e. The molecule has 1 aliphatic carbocycles. The van der Waals surface area contributed by atoms with Gasteiger partial charge >= 0.3 is 0 Å². The normalized spacial score (nSPS) is 21.7. The van der Waals surface area contributed by atoms with E-state index in [0.717, 1.165) is 47.8 Å². The van der Waals surface area contributed by atoms with Gasteiger partial charge in [0.05, 0.1) is 9.79 Å². The first-order chi connectivity index (χ1) is 17.8. The highest BCUT2D eigenvalue weighted by Crippen LogP contribution is 2.52. The molecule has 0 atom stereocenters. The van der Waals surface area contributed by atoms with E-state index in [2.05, 4.69) is 4.90 Å². The van der Waals surface area contributed by atoms with Crippen LogP contribution >= 0.6 is 0 Å². The third-order valence-electron chi connectivity index (χ3n) is 8.15. The Hall–Kier alpha value is -2.79. The number of sulfonamides is 2. The van der Waals surface area contributed by atoms with E-state index >= 15 is 0 Å². The molecule has 0 radical (unpaired) electrons. The molecule has 1 saturated carbocycles. The molecule has 3 aromatic rings. The molecule has 3 aromatic carbocycles. The number of benzene rings is 3. The van der Waals surface area contributed by atoms with Crippen LogP contribution in [-0.4, -0.2) is 48.8 Å². The Morgan fingerprint density at radius 1 is 0.947 bits per heavy atom. The molecule has 5 rings (SSSR count). The topological polar surface area (TPSA) is 101 Å². The molecule has 1 heterocycles. The van der Waals surface area contributed by atoms with E-state index in [1.165, 1.54) is 43.9 Å². The average molecular weight is 558 g/mol. The van der Waals surface area contributed by atoms with Gasteiger partial charge in [0.25, 0.3) is 0 Å². The summed E-state index contributed by atoms with van der Waals surface area (Å²) >= 11 is 0. The van der Waals surface area contributed by atoms with Crippen molar-refractivity contribution in [1.82, 2.24) is 4.31 Å². The summed E-state index contributed by atoms with van der Waals surface area (Å²) < 4.78 is 65.8. The van der Waals surface area contributed by atoms with Crippen molar-refractivity contribution in [3.8, 4) is 11.1 Å². The molecule has 7 nitrogen and oxygen atoms in total. The molecule has 38 heavy (non-hydrogen) atoms. The van der Waals surface area contributed by atoms with Gasteiger partial charge in [0.2, 0.25) is 20.0 Å². The van der Waals surface area contributed by atoms with Crippen molar-refractivity contribution in [1.29, 1.82) is 0 Å². The average Bonchev–Trinajstić information content (AvgIpc) is 3.13. The fourth-order valence-electron chi connectivity index (χ4n) is 6.24. The third kappa shape index (κ3) is 4.53. The predicted octanol–water partition coefficient (Wildman–Crippen LogP) is 4.44. The van der Waals surface area contributed by atoms with Gasteiger partial charge in [0.15, 0.2) is 0 Å². The second-order valence-corrected chi connectivity index (χ2v) is 14.3. The van der Waals surface area contributed by atoms with Crippen LogP contribution in [0.15, 0.2) is 70.5 Å². The maximum absolute atomic E-state index is 13.9. The maximum Gasteiger partial charge on any atom is 0.242 e. The molecule has 2 N–H and O–H groups in total. The zero-order chi connectivity index (χ0) is 27.5. The Morgan fingerprint density at radius 3 is 2.29 bits per heavy atom. The molecule has 1 aliphatic heterocycles. The van der Waals surface area contributed by atoms with Gasteiger partial charge in [-0.25, -0.2) is 30.7 Å². The Morgan fingerprint density at radius 2 is 1.63 bits per heavy atom. The van der Waals surface area contributed by atoms with Gasteiger partial charge in [0.1, 0.15) is 5.82 Å². The van der Waals surface area contributed by atoms with Crippen molar-refractivity contribution in [3.63, 3.8) is 0 Å². The lowest BCUT2D eigenvalue weighted by atomic mass is 9.66. The molecular formula is C28H32FN3O4S2. The van der Waals surface area contributed by atoms with Crippen molar-refractivity contribution in [2.24, 2.45) is 5.14 Å². The van der Waals surface area contributed by atoms with E-state index in [-0.39, 0.29) is 32.5 Å². The predicted molar refractivity (Wildman–Crippen MR) is 147 cm³/mol. The quantitative estimate of drug-likeness (QED) is 0.500. The van der Waals surface area contributed by atoms with Crippen LogP contribution in [0.5, 0.6) is 0 Å². The molecule has 0 bridgehead atoms. The van der Waals surface area contributed by atoms with Crippen molar-refractivity contribution < 1.29 is 21.2 Å². The molecule has 1 fully saturated rings. The number of hydrogen-bond donors (Lipinski definition) is 1. The first-order valence-corrected chi connectivity index (χ1v) is 15.5. The second-order valence-electron chi connectivity index (χ2n) is 10.6. The maximum atomic E-state index is 13.9. The van der Waals surface area contributed by atoms with Gasteiger partial charge in [-0.1, -0.05) is 30.3 Å². The summed E-state index contributed by atoms with van der Waals surface area (Å²) in [6.07, 6.45) is 3.54. The number of likely N-dealkylation sites (N-methyl/N-ethyl adjacent to an activating group) is 1. The van der Waals surface area contributed by atoms with Crippen molar-refractivity contribution in [2.45, 2.75) is 46.8 Å². The van der Waals surface area contributed by atoms with E-state index in [1.807, 2.05) is 37.4 Å². The van der Waals surface area contributed by atoms with E-state index in [9.17, 15) is 21.2 Å². The van der Waals surface area contributed by atoms with Crippen LogP contribution in [0.2, 0.25) is 0 Å². The molecule has 0 amide bonds. The lowest BCUT2D eigenvalue weighted by molar-refractivity contribution is 0.286. The number of nitrogens with two attached hydrogens (primary N) is 1. The van der Waals surface area contributed by atoms with Crippen LogP contribution in [0, 0.1) is 5.82 Å². The zero-order valence-corrected chi connectivity index (χ0v) is 23.3. The summed E-state index contributed by atoms with van der Waals surface area (Å²) in [7, 11) is -3.05. The highest BCUT2D eigenvalue weighted by molar-refractivity contribution is 7.89. The molecular weight excluding hydrogens is 525 g/mol. The number of nitrogens with zero attached hydrogens (tertiary/aromatic N) is 2. The van der Waals surface area contributed by atoms with E-state index in [0.29, 0.717) is 5.56 Å². The van der Waals surface area contributed by atoms with Gasteiger partial charge in [-0.2, -0.15) is 0 Å². The van der Waals surface area contributed by atoms with Gasteiger partial charge in [-0.3, -0.25) is 0 Å². The second kappa shape index (κ2) is 9.44. The molecule has 0 saturated heterocycles. The first-order valence-electron chi connectivity index (χ1n) is 12.5. The standard InChI is InChI=1S/C28H32FN3O4S2/c1-31(2)38(35,36)21-9-11-27(37(30,33)34)24(17-21)23-7-5-4-6-22(23)19-12-14-28(15-13-19)18-32(3)26-16-20(29)8-10-25(26)28/h4-11,16-17,19H,12-15,18H2,1-3H3,(H2,30,33,34). The first kappa shape index (κ1) is 26.8. The summed E-state index contributed by atoms with van der Waals surface area (Å²) in [6.45, 7) is 0.833. The Labute approximate surface area is 224 Å². The fraction of sp³-hybridized carbons (Fsp3) is 0.357. The van der Waals surface area contributed by atoms with Crippen LogP contribution in [0.25, 0.3) is 11.1 Å². The molecule has 202 valence electrons. The van der Waals surface area contributed by atoms with Crippen LogP contribution in [0.4, 0.5) is 10.1 Å². The number of hydrogen-bond acceptors (Lipinski definition) is 5. The van der Waals surface area contributed by atoms with Crippen molar-refractivity contribution >= 4 is 25.7 Å². The molecule has 0 aromatic heterocycles. The van der Waals surface area contributed by atoms with Crippen LogP contribution in [-0.2, 0) is 25.5 Å². The summed E-state index contributed by atoms with van der Waals surface area (Å²) in [5.74, 6) is -0.0893. The summed E-state index contributed by atoms with van der Waals surface area (Å²) in [5, 5.41) is 5.57. The fourth-order valence-corrected chi connectivity index (χ4v) is 7.90. The van der Waals surface area contributed by atoms with E-state index in [1.54, 1.807) is 6.07 Å². The molecule has 0 unspecified atom stereocenters. The third-order valence-corrected chi connectivity index (χ3v) is 10.9. The molecule has 1 spiro atoms. The van der Waals surface area contributed by atoms with Crippen molar-refractivity contribution in [3.05, 3.63) is 77.6 Å². The SMILES string of the molecule is CN1CC2(CCC(c3ccccc3-c3cc(S(=O)(=O)N(C)C)ccc3S(N)(=O)=O)CC2)c2ccc(F)cc21. The van der Waals surface area contributed by atoms with Crippen LogP contribution in [0.3, 0.4) is 0 Å². The number of rotatable bonds is 5. The van der Waals surface area contributed by atoms with Crippen LogP contribution < -0.4 is 10.0 Å². The minimum absolute atomic E-state index is 0.000122. The lowest BCUT2D eigenvalue weighted by Crippen LogP contribution is -2.35. The van der Waals surface area contributed by atoms with Crippen molar-refractivity contribution in [2.75, 3.05) is 32.6 Å². The largest absolute Gasteiger partial charge is 0.373 e. The summed E-state index contributed by atoms with van der Waals surface area (Å²) in [4.78, 5) is 2.02. The highest BCUT2D eigenvalue weighted by Gasteiger charge is 2.44. The van der Waals surface area contributed by atoms with Gasteiger partial charge in [0, 0.05) is 44.4 Å². The zero-order valence-electron chi connectivity index (χ0n) is 21.7. The molecule has 2 aliphatic rings. The van der Waals surface area contributed by atoms with Gasteiger partial charge in [-0.15, -0.1) is 0 Å². The summed E-state index contributed by atoms with van der Waals surface area (Å²) in [5.41, 5.74) is 4.01. The minimum atomic E-state index is -4.12. The number of anilines is 1. The Balaban J connectivity index is 1.54. The van der Waals surface area contributed by atoms with E-state index < -0.39 is 20.0 Å². The minimum Gasteiger partial charge on any atom is -0.373 e. The Kier molecular flexibility index (Phi) is 6.66. The lowest BCUT2D eigenvalue weighted by Gasteiger charge is -2.38. The number of fused-ring (bicyclic) bond motifs is 2. The highest BCUT2D eigenvalue weighted by atomic mass is 32.2. The number of halogens is 1. The molecule has 10 heteroatoms. The monoisotopic (exact) mass is 557 g/mol. The number of primary sulfonamides is 1.